The van der Waals surface area contributed by atoms with Crippen LogP contribution in [-0.2, 0) is 4.79 Å². The van der Waals surface area contributed by atoms with Gasteiger partial charge in [0.2, 0.25) is 0 Å². The van der Waals surface area contributed by atoms with Gasteiger partial charge >= 0.3 is 0 Å². The Kier molecular flexibility index (Phi) is 7.17. The van der Waals surface area contributed by atoms with E-state index >= 15 is 0 Å². The molecule has 0 saturated carbocycles. The topological polar surface area (TPSA) is 29.4 Å². The minimum absolute atomic E-state index is 0.238. The lowest BCUT2D eigenvalue weighted by Crippen LogP contribution is -1.99. The number of hydrogen-bond acceptors (Lipinski definition) is 2. The molecule has 13 heavy (non-hydrogen) atoms. The average Bonchev–Trinajstić information content (AvgIpc) is 2.06. The molecule has 0 bridgehead atoms. The Morgan fingerprint density at radius 1 is 1.54 bits per heavy atom. The fraction of sp³-hybridized carbons (Fsp3) is 0.636. The van der Waals surface area contributed by atoms with Crippen molar-refractivity contribution in [3.8, 4) is 0 Å². The van der Waals surface area contributed by atoms with Gasteiger partial charge in [0, 0.05) is 19.2 Å². The van der Waals surface area contributed by atoms with Crippen molar-refractivity contribution >= 4 is 12.0 Å². The molecule has 0 amide bonds. The molecule has 0 radical (unpaired) electrons. The number of dihydropyridines is 1. The second kappa shape index (κ2) is 7.71. The highest BCUT2D eigenvalue weighted by Gasteiger charge is 2.01. The van der Waals surface area contributed by atoms with Crippen molar-refractivity contribution in [2.24, 2.45) is 4.99 Å². The Morgan fingerprint density at radius 3 is 2.54 bits per heavy atom. The summed E-state index contributed by atoms with van der Waals surface area (Å²) in [4.78, 5) is 14.6. The van der Waals surface area contributed by atoms with Gasteiger partial charge in [-0.25, -0.2) is 0 Å². The zero-order chi connectivity index (χ0) is 10.1. The molecule has 2 heteroatoms. The molecule has 0 aliphatic carbocycles. The molecule has 0 saturated heterocycles. The van der Waals surface area contributed by atoms with E-state index in [-0.39, 0.29) is 5.78 Å². The normalized spacial score (nSPS) is 14.2. The summed E-state index contributed by atoms with van der Waals surface area (Å²) in [6.45, 7) is 6.71. The van der Waals surface area contributed by atoms with Crippen molar-refractivity contribution < 1.29 is 4.79 Å². The molecule has 0 aromatic rings. The maximum atomic E-state index is 10.6. The molecule has 1 aliphatic rings. The van der Waals surface area contributed by atoms with Crippen molar-refractivity contribution in [3.63, 3.8) is 0 Å². The van der Waals surface area contributed by atoms with Gasteiger partial charge in [0.15, 0.2) is 0 Å². The van der Waals surface area contributed by atoms with Crippen LogP contribution in [0.3, 0.4) is 0 Å². The molecular weight excluding hydrogens is 162 g/mol. The molecule has 1 rings (SSSR count). The Labute approximate surface area is 80.8 Å². The van der Waals surface area contributed by atoms with Crippen LogP contribution in [0.2, 0.25) is 0 Å². The Morgan fingerprint density at radius 2 is 2.15 bits per heavy atom. The zero-order valence-corrected chi connectivity index (χ0v) is 8.84. The number of aliphatic imine (C=N–C) groups is 1. The summed E-state index contributed by atoms with van der Waals surface area (Å²) in [5.74, 6) is 0.238. The van der Waals surface area contributed by atoms with E-state index in [0.717, 1.165) is 13.0 Å². The SMILES string of the molecule is CC(=O)CC1=CC=NCC1.CCC. The van der Waals surface area contributed by atoms with Crippen LogP contribution in [0.25, 0.3) is 0 Å². The number of rotatable bonds is 2. The fourth-order valence-corrected chi connectivity index (χ4v) is 0.991. The second-order valence-electron chi connectivity index (χ2n) is 3.22. The maximum Gasteiger partial charge on any atom is 0.133 e. The van der Waals surface area contributed by atoms with E-state index < -0.39 is 0 Å². The van der Waals surface area contributed by atoms with Crippen LogP contribution >= 0.6 is 0 Å². The van der Waals surface area contributed by atoms with Gasteiger partial charge in [0.25, 0.3) is 0 Å². The highest BCUT2D eigenvalue weighted by molar-refractivity contribution is 5.81. The molecule has 0 atom stereocenters. The highest BCUT2D eigenvalue weighted by atomic mass is 16.1. The van der Waals surface area contributed by atoms with Gasteiger partial charge in [-0.2, -0.15) is 0 Å². The summed E-state index contributed by atoms with van der Waals surface area (Å²) in [7, 11) is 0. The lowest BCUT2D eigenvalue weighted by Gasteiger charge is -2.04. The third-order valence-electron chi connectivity index (χ3n) is 1.45. The number of ketones is 1. The molecule has 1 aliphatic heterocycles. The highest BCUT2D eigenvalue weighted by Crippen LogP contribution is 2.09. The molecule has 2 nitrogen and oxygen atoms in total. The van der Waals surface area contributed by atoms with E-state index in [1.807, 2.05) is 6.08 Å². The summed E-state index contributed by atoms with van der Waals surface area (Å²) >= 11 is 0. The summed E-state index contributed by atoms with van der Waals surface area (Å²) in [6.07, 6.45) is 6.52. The van der Waals surface area contributed by atoms with Gasteiger partial charge in [-0.3, -0.25) is 9.79 Å². The smallest absolute Gasteiger partial charge is 0.133 e. The lowest BCUT2D eigenvalue weighted by atomic mass is 10.1. The number of allylic oxidation sites excluding steroid dienone is 1. The number of carbonyl (C=O) groups excluding carboxylic acids is 1. The first-order chi connectivity index (χ1) is 6.20. The van der Waals surface area contributed by atoms with E-state index in [1.54, 1.807) is 13.1 Å². The molecule has 0 spiro atoms. The first-order valence-electron chi connectivity index (χ1n) is 4.88. The fourth-order valence-electron chi connectivity index (χ4n) is 0.991. The number of Topliss-reactive ketones (excluding diaryl/α,β-unsaturated/α-hetero) is 1. The van der Waals surface area contributed by atoms with E-state index in [4.69, 9.17) is 0 Å². The molecule has 1 heterocycles. The Bertz CT molecular complexity index is 204. The standard InChI is InChI=1S/C8H11NO.C3H8/c1-7(10)6-8-2-4-9-5-3-8;1-3-2/h2,4H,3,5-6H2,1H3;3H2,1-2H3. The van der Waals surface area contributed by atoms with Gasteiger partial charge < -0.3 is 0 Å². The Balaban J connectivity index is 0.000000424. The first-order valence-corrected chi connectivity index (χ1v) is 4.88. The summed E-state index contributed by atoms with van der Waals surface area (Å²) in [6, 6.07) is 0. The van der Waals surface area contributed by atoms with Crippen LogP contribution in [-0.4, -0.2) is 18.5 Å². The predicted molar refractivity (Wildman–Crippen MR) is 57.3 cm³/mol. The summed E-state index contributed by atoms with van der Waals surface area (Å²) in [5.41, 5.74) is 1.21. The van der Waals surface area contributed by atoms with E-state index in [9.17, 15) is 4.79 Å². The summed E-state index contributed by atoms with van der Waals surface area (Å²) < 4.78 is 0. The number of hydrogen-bond donors (Lipinski definition) is 0. The van der Waals surface area contributed by atoms with Crippen molar-refractivity contribution in [2.45, 2.75) is 40.0 Å². The predicted octanol–water partition coefficient (Wildman–Crippen LogP) is 2.78. The Hall–Kier alpha value is -0.920. The van der Waals surface area contributed by atoms with Crippen molar-refractivity contribution in [2.75, 3.05) is 6.54 Å². The van der Waals surface area contributed by atoms with E-state index in [2.05, 4.69) is 18.8 Å². The van der Waals surface area contributed by atoms with Crippen LogP contribution in [0.5, 0.6) is 0 Å². The zero-order valence-electron chi connectivity index (χ0n) is 8.84. The largest absolute Gasteiger partial charge is 0.300 e. The monoisotopic (exact) mass is 181 g/mol. The lowest BCUT2D eigenvalue weighted by molar-refractivity contribution is -0.116. The average molecular weight is 181 g/mol. The van der Waals surface area contributed by atoms with Crippen molar-refractivity contribution in [1.29, 1.82) is 0 Å². The van der Waals surface area contributed by atoms with Crippen LogP contribution < -0.4 is 0 Å². The number of nitrogens with zero attached hydrogens (tertiary/aromatic N) is 1. The summed E-state index contributed by atoms with van der Waals surface area (Å²) in [5, 5.41) is 0. The third-order valence-corrected chi connectivity index (χ3v) is 1.45. The quantitative estimate of drug-likeness (QED) is 0.644. The molecule has 0 N–H and O–H groups in total. The molecule has 0 aromatic heterocycles. The molecular formula is C11H19NO. The van der Waals surface area contributed by atoms with Crippen LogP contribution in [0.1, 0.15) is 40.0 Å². The molecule has 0 fully saturated rings. The van der Waals surface area contributed by atoms with E-state index in [1.165, 1.54) is 12.0 Å². The molecule has 74 valence electrons. The van der Waals surface area contributed by atoms with Gasteiger partial charge in [0.1, 0.15) is 5.78 Å². The number of carbonyl (C=O) groups is 1. The minimum atomic E-state index is 0.238. The minimum Gasteiger partial charge on any atom is -0.300 e. The van der Waals surface area contributed by atoms with Crippen molar-refractivity contribution in [1.82, 2.24) is 0 Å². The van der Waals surface area contributed by atoms with Crippen molar-refractivity contribution in [3.05, 3.63) is 11.6 Å². The van der Waals surface area contributed by atoms with Gasteiger partial charge in [-0.05, 0) is 19.4 Å². The third kappa shape index (κ3) is 7.44. The van der Waals surface area contributed by atoms with Gasteiger partial charge in [-0.1, -0.05) is 25.8 Å². The van der Waals surface area contributed by atoms with Crippen LogP contribution in [0.4, 0.5) is 0 Å². The second-order valence-corrected chi connectivity index (χ2v) is 3.22. The molecule has 0 aromatic carbocycles. The first kappa shape index (κ1) is 12.1. The van der Waals surface area contributed by atoms with Gasteiger partial charge in [-0.15, -0.1) is 0 Å². The van der Waals surface area contributed by atoms with Gasteiger partial charge in [0.05, 0.1) is 0 Å². The van der Waals surface area contributed by atoms with Crippen LogP contribution in [0.15, 0.2) is 16.6 Å². The molecule has 0 unspecified atom stereocenters. The van der Waals surface area contributed by atoms with E-state index in [0.29, 0.717) is 6.42 Å². The maximum absolute atomic E-state index is 10.6. The van der Waals surface area contributed by atoms with Crippen LogP contribution in [0, 0.1) is 0 Å².